The van der Waals surface area contributed by atoms with Crippen LogP contribution in [0.5, 0.6) is 0 Å². The number of halogens is 1. The zero-order valence-corrected chi connectivity index (χ0v) is 11.3. The van der Waals surface area contributed by atoms with Crippen molar-refractivity contribution in [1.29, 1.82) is 0 Å². The van der Waals surface area contributed by atoms with Crippen molar-refractivity contribution in [2.24, 2.45) is 5.92 Å². The minimum Gasteiger partial charge on any atom is -0.481 e. The first-order chi connectivity index (χ1) is 7.53. The Morgan fingerprint density at radius 2 is 2.38 bits per heavy atom. The third kappa shape index (κ3) is 2.17. The molecule has 1 aliphatic rings. The summed E-state index contributed by atoms with van der Waals surface area (Å²) < 4.78 is 6.36. The second-order valence-corrected chi connectivity index (χ2v) is 6.78. The second kappa shape index (κ2) is 4.47. The molecule has 1 N–H and O–H groups in total. The quantitative estimate of drug-likeness (QED) is 0.930. The van der Waals surface area contributed by atoms with E-state index in [4.69, 9.17) is 9.84 Å². The lowest BCUT2D eigenvalue weighted by Crippen LogP contribution is -2.48. The third-order valence-corrected chi connectivity index (χ3v) is 4.84. The molecule has 1 aliphatic heterocycles. The van der Waals surface area contributed by atoms with Crippen molar-refractivity contribution in [3.8, 4) is 0 Å². The SMILES string of the molecule is CC(CC1(c2ccc(Br)s2)COC1)C(=O)O. The van der Waals surface area contributed by atoms with Gasteiger partial charge in [0.25, 0.3) is 0 Å². The molecule has 3 nitrogen and oxygen atoms in total. The van der Waals surface area contributed by atoms with Crippen LogP contribution in [0.4, 0.5) is 0 Å². The van der Waals surface area contributed by atoms with Crippen LogP contribution in [0.1, 0.15) is 18.2 Å². The highest BCUT2D eigenvalue weighted by atomic mass is 79.9. The molecule has 2 rings (SSSR count). The Kier molecular flexibility index (Phi) is 3.37. The number of aliphatic carboxylic acids is 1. The van der Waals surface area contributed by atoms with E-state index in [0.717, 1.165) is 3.79 Å². The number of hydrogen-bond donors (Lipinski definition) is 1. The maximum absolute atomic E-state index is 10.9. The molecule has 5 heteroatoms. The first kappa shape index (κ1) is 12.1. The van der Waals surface area contributed by atoms with E-state index < -0.39 is 5.97 Å². The molecule has 1 fully saturated rings. The molecule has 0 amide bonds. The Hall–Kier alpha value is -0.390. The van der Waals surface area contributed by atoms with Gasteiger partial charge in [0.05, 0.1) is 28.3 Å². The molecule has 1 aromatic rings. The maximum atomic E-state index is 10.9. The first-order valence-corrected chi connectivity index (χ1v) is 6.71. The predicted octanol–water partition coefficient (Wildman–Crippen LogP) is 2.89. The molecule has 1 saturated heterocycles. The molecule has 88 valence electrons. The zero-order chi connectivity index (χ0) is 11.8. The van der Waals surface area contributed by atoms with Gasteiger partial charge >= 0.3 is 5.97 Å². The van der Waals surface area contributed by atoms with E-state index in [1.54, 1.807) is 18.3 Å². The molecule has 0 radical (unpaired) electrons. The molecule has 0 saturated carbocycles. The van der Waals surface area contributed by atoms with Gasteiger partial charge in [0.15, 0.2) is 0 Å². The van der Waals surface area contributed by atoms with Crippen molar-refractivity contribution in [3.63, 3.8) is 0 Å². The van der Waals surface area contributed by atoms with Crippen LogP contribution in [0, 0.1) is 5.92 Å². The molecule has 0 aromatic carbocycles. The number of ether oxygens (including phenoxy) is 1. The normalized spacial score (nSPS) is 20.1. The summed E-state index contributed by atoms with van der Waals surface area (Å²) in [6, 6.07) is 4.07. The maximum Gasteiger partial charge on any atom is 0.306 e. The van der Waals surface area contributed by atoms with Gasteiger partial charge in [0.1, 0.15) is 0 Å². The monoisotopic (exact) mass is 304 g/mol. The summed E-state index contributed by atoms with van der Waals surface area (Å²) in [4.78, 5) is 12.1. The minimum absolute atomic E-state index is 0.0749. The van der Waals surface area contributed by atoms with Crippen molar-refractivity contribution < 1.29 is 14.6 Å². The number of rotatable bonds is 4. The molecule has 0 spiro atoms. The van der Waals surface area contributed by atoms with Gasteiger partial charge in [-0.3, -0.25) is 4.79 Å². The van der Waals surface area contributed by atoms with E-state index in [1.807, 2.05) is 6.07 Å². The average molecular weight is 305 g/mol. The summed E-state index contributed by atoms with van der Waals surface area (Å²) in [6.07, 6.45) is 0.648. The summed E-state index contributed by atoms with van der Waals surface area (Å²) in [6.45, 7) is 3.03. The van der Waals surface area contributed by atoms with E-state index >= 15 is 0 Å². The van der Waals surface area contributed by atoms with Crippen molar-refractivity contribution in [2.75, 3.05) is 13.2 Å². The van der Waals surface area contributed by atoms with Gasteiger partial charge in [-0.25, -0.2) is 0 Å². The average Bonchev–Trinajstić information content (AvgIpc) is 2.58. The van der Waals surface area contributed by atoms with Crippen LogP contribution in [0.15, 0.2) is 15.9 Å². The van der Waals surface area contributed by atoms with Crippen LogP contribution in [0.2, 0.25) is 0 Å². The summed E-state index contributed by atoms with van der Waals surface area (Å²) >= 11 is 5.10. The Bertz CT molecular complexity index is 398. The Balaban J connectivity index is 2.17. The third-order valence-electron chi connectivity index (χ3n) is 2.97. The molecule has 0 bridgehead atoms. The van der Waals surface area contributed by atoms with Crippen LogP contribution in [0.25, 0.3) is 0 Å². The highest BCUT2D eigenvalue weighted by Crippen LogP contribution is 2.42. The minimum atomic E-state index is -0.734. The fourth-order valence-electron chi connectivity index (χ4n) is 1.98. The van der Waals surface area contributed by atoms with E-state index in [-0.39, 0.29) is 11.3 Å². The number of carbonyl (C=O) groups is 1. The van der Waals surface area contributed by atoms with Gasteiger partial charge in [0, 0.05) is 4.88 Å². The van der Waals surface area contributed by atoms with Crippen molar-refractivity contribution in [3.05, 3.63) is 20.8 Å². The Morgan fingerprint density at radius 1 is 1.69 bits per heavy atom. The summed E-state index contributed by atoms with van der Waals surface area (Å²) in [5.41, 5.74) is -0.0749. The summed E-state index contributed by atoms with van der Waals surface area (Å²) in [5, 5.41) is 8.97. The number of carboxylic acids is 1. The predicted molar refractivity (Wildman–Crippen MR) is 65.9 cm³/mol. The number of carboxylic acid groups (broad SMARTS) is 1. The van der Waals surface area contributed by atoms with Gasteiger partial charge in [-0.1, -0.05) is 6.92 Å². The lowest BCUT2D eigenvalue weighted by molar-refractivity contribution is -0.144. The van der Waals surface area contributed by atoms with Gasteiger partial charge in [-0.05, 0) is 34.5 Å². The smallest absolute Gasteiger partial charge is 0.306 e. The van der Waals surface area contributed by atoms with Crippen LogP contribution in [0.3, 0.4) is 0 Å². The van der Waals surface area contributed by atoms with Crippen LogP contribution >= 0.6 is 27.3 Å². The number of thiophene rings is 1. The lowest BCUT2D eigenvalue weighted by Gasteiger charge is -2.41. The summed E-state index contributed by atoms with van der Waals surface area (Å²) in [5.74, 6) is -1.06. The van der Waals surface area contributed by atoms with Crippen LogP contribution in [-0.2, 0) is 14.9 Å². The van der Waals surface area contributed by atoms with E-state index in [1.165, 1.54) is 4.88 Å². The van der Waals surface area contributed by atoms with E-state index in [9.17, 15) is 4.79 Å². The molecule has 1 atom stereocenters. The lowest BCUT2D eigenvalue weighted by atomic mass is 9.76. The topological polar surface area (TPSA) is 46.5 Å². The van der Waals surface area contributed by atoms with Crippen LogP contribution < -0.4 is 0 Å². The Labute approximate surface area is 107 Å². The van der Waals surface area contributed by atoms with Gasteiger partial charge in [-0.2, -0.15) is 0 Å². The second-order valence-electron chi connectivity index (χ2n) is 4.32. The first-order valence-electron chi connectivity index (χ1n) is 5.10. The van der Waals surface area contributed by atoms with Crippen molar-refractivity contribution in [2.45, 2.75) is 18.8 Å². The van der Waals surface area contributed by atoms with E-state index in [2.05, 4.69) is 22.0 Å². The standard InChI is InChI=1S/C11H13BrO3S/c1-7(10(13)14)4-11(5-15-6-11)8-2-3-9(12)16-8/h2-3,7H,4-6H2,1H3,(H,13,14). The van der Waals surface area contributed by atoms with Gasteiger partial charge in [-0.15, -0.1) is 11.3 Å². The largest absolute Gasteiger partial charge is 0.481 e. The Morgan fingerprint density at radius 3 is 2.75 bits per heavy atom. The van der Waals surface area contributed by atoms with Crippen LogP contribution in [-0.4, -0.2) is 24.3 Å². The molecule has 1 unspecified atom stereocenters. The fourth-order valence-corrected chi connectivity index (χ4v) is 3.54. The fraction of sp³-hybridized carbons (Fsp3) is 0.545. The van der Waals surface area contributed by atoms with Gasteiger partial charge < -0.3 is 9.84 Å². The van der Waals surface area contributed by atoms with Crippen molar-refractivity contribution in [1.82, 2.24) is 0 Å². The summed E-state index contributed by atoms with van der Waals surface area (Å²) in [7, 11) is 0. The molecule has 0 aliphatic carbocycles. The van der Waals surface area contributed by atoms with Crippen molar-refractivity contribution >= 4 is 33.2 Å². The molecule has 2 heterocycles. The molecule has 1 aromatic heterocycles. The zero-order valence-electron chi connectivity index (χ0n) is 8.90. The highest BCUT2D eigenvalue weighted by molar-refractivity contribution is 9.11. The van der Waals surface area contributed by atoms with Gasteiger partial charge in [0.2, 0.25) is 0 Å². The molecular weight excluding hydrogens is 292 g/mol. The molecular formula is C11H13BrO3S. The molecule has 16 heavy (non-hydrogen) atoms. The van der Waals surface area contributed by atoms with E-state index in [0.29, 0.717) is 19.6 Å². The highest BCUT2D eigenvalue weighted by Gasteiger charge is 2.43. The number of hydrogen-bond acceptors (Lipinski definition) is 3.